The van der Waals surface area contributed by atoms with Crippen LogP contribution in [0.4, 0.5) is 0 Å². The van der Waals surface area contributed by atoms with Crippen molar-refractivity contribution < 1.29 is 33.5 Å². The number of aliphatic hydroxyl groups excluding tert-OH is 1. The Bertz CT molecular complexity index is 1080. The van der Waals surface area contributed by atoms with Gasteiger partial charge in [-0.2, -0.15) is 0 Å². The van der Waals surface area contributed by atoms with Crippen LogP contribution in [-0.2, 0) is 28.4 Å². The first kappa shape index (κ1) is 27.8. The molecule has 4 unspecified atom stereocenters. The Labute approximate surface area is 230 Å². The number of rotatable bonds is 5. The molecule has 16 heteroatoms. The molecule has 3 saturated heterocycles. The summed E-state index contributed by atoms with van der Waals surface area (Å²) in [5, 5.41) is 23.1. The Morgan fingerprint density at radius 2 is 1.32 bits per heavy atom. The van der Waals surface area contributed by atoms with Crippen molar-refractivity contribution in [2.75, 3.05) is 6.61 Å². The van der Waals surface area contributed by atoms with E-state index in [-0.39, 0.29) is 13.0 Å². The zero-order valence-electron chi connectivity index (χ0n) is 22.2. The first-order valence-electron chi connectivity index (χ1n) is 14.3. The average Bonchev–Trinajstić information content (AvgIpc) is 3.33. The van der Waals surface area contributed by atoms with E-state index in [0.717, 1.165) is 51.4 Å². The van der Waals surface area contributed by atoms with Gasteiger partial charge in [0, 0.05) is 40.4 Å². The summed E-state index contributed by atoms with van der Waals surface area (Å²) in [5.41, 5.74) is 27.9. The van der Waals surface area contributed by atoms with Crippen molar-refractivity contribution in [3.63, 3.8) is 0 Å². The Balaban J connectivity index is 1.27. The van der Waals surface area contributed by atoms with Crippen molar-refractivity contribution in [2.45, 2.75) is 143 Å². The fourth-order valence-electron chi connectivity index (χ4n) is 7.30. The standard InChI is InChI=1S/C24H35N9O7/c25-31-28-13-11-14(29-32-26)19-21(40-24(38-19)9-5-2-6-10-24)18(13)37-22-16(30-33-27)17(34)20-15(36-22)12-35-23(39-20)7-3-1-4-8-23/h13-22,34H,1-12H2/t13?,14-,15?,16?,17-,18-,19-,20-,21?,22-/m1/s1. The average molecular weight is 562 g/mol. The summed E-state index contributed by atoms with van der Waals surface area (Å²) in [5.74, 6) is -1.62. The van der Waals surface area contributed by atoms with Crippen LogP contribution >= 0.6 is 0 Å². The molecule has 0 radical (unpaired) electrons. The molecule has 3 saturated carbocycles. The van der Waals surface area contributed by atoms with Crippen molar-refractivity contribution in [1.29, 1.82) is 0 Å². The summed E-state index contributed by atoms with van der Waals surface area (Å²) in [7, 11) is 0. The molecule has 3 aliphatic carbocycles. The van der Waals surface area contributed by atoms with E-state index in [1.54, 1.807) is 0 Å². The van der Waals surface area contributed by atoms with Gasteiger partial charge in [-0.1, -0.05) is 28.2 Å². The number of hydrogen-bond acceptors (Lipinski definition) is 10. The lowest BCUT2D eigenvalue weighted by atomic mass is 9.84. The summed E-state index contributed by atoms with van der Waals surface area (Å²) in [4.78, 5) is 8.94. The Kier molecular flexibility index (Phi) is 7.99. The van der Waals surface area contributed by atoms with E-state index < -0.39 is 72.6 Å². The van der Waals surface area contributed by atoms with E-state index in [2.05, 4.69) is 30.1 Å². The number of nitrogens with zero attached hydrogens (tertiary/aromatic N) is 9. The van der Waals surface area contributed by atoms with E-state index in [1.807, 2.05) is 0 Å². The highest BCUT2D eigenvalue weighted by Crippen LogP contribution is 2.48. The highest BCUT2D eigenvalue weighted by Gasteiger charge is 2.60. The molecule has 3 heterocycles. The predicted octanol–water partition coefficient (Wildman–Crippen LogP) is 4.42. The minimum absolute atomic E-state index is 0.168. The van der Waals surface area contributed by atoms with Crippen LogP contribution in [0, 0.1) is 0 Å². The van der Waals surface area contributed by atoms with Gasteiger partial charge in [0.25, 0.3) is 0 Å². The summed E-state index contributed by atoms with van der Waals surface area (Å²) < 4.78 is 38.1. The Morgan fingerprint density at radius 3 is 2.00 bits per heavy atom. The molecule has 10 atom stereocenters. The lowest BCUT2D eigenvalue weighted by Gasteiger charge is -2.52. The molecule has 1 N–H and O–H groups in total. The van der Waals surface area contributed by atoms with Crippen LogP contribution in [0.3, 0.4) is 0 Å². The molecular formula is C24H35N9O7. The van der Waals surface area contributed by atoms with Gasteiger partial charge in [0.05, 0.1) is 37.0 Å². The molecule has 0 aromatic heterocycles. The van der Waals surface area contributed by atoms with Crippen LogP contribution in [0.1, 0.15) is 70.6 Å². The third kappa shape index (κ3) is 5.10. The highest BCUT2D eigenvalue weighted by molar-refractivity contribution is 5.08. The maximum Gasteiger partial charge on any atom is 0.169 e. The van der Waals surface area contributed by atoms with Crippen LogP contribution in [0.5, 0.6) is 0 Å². The number of ether oxygens (including phenoxy) is 6. The van der Waals surface area contributed by atoms with Crippen molar-refractivity contribution in [3.8, 4) is 0 Å². The molecule has 6 rings (SSSR count). The van der Waals surface area contributed by atoms with E-state index in [9.17, 15) is 21.7 Å². The molecule has 40 heavy (non-hydrogen) atoms. The van der Waals surface area contributed by atoms with E-state index in [0.29, 0.717) is 12.8 Å². The molecular weight excluding hydrogens is 526 g/mol. The predicted molar refractivity (Wildman–Crippen MR) is 135 cm³/mol. The molecule has 6 aliphatic rings. The normalized spacial score (nSPS) is 43.4. The summed E-state index contributed by atoms with van der Waals surface area (Å²) in [6.45, 7) is 0.183. The number of fused-ring (bicyclic) bond motifs is 2. The maximum atomic E-state index is 11.4. The quantitative estimate of drug-likeness (QED) is 0.288. The Hall–Kier alpha value is -2.35. The SMILES string of the molecule is [N-]=[N+]=NC1C[C@@H](N=[N+]=[N-])[C@H]2OC3(CCCCC3)OC2[C@@H]1O[C@H]1OC2COC3(CCCCC3)O[C@H]2[C@H](O)C1N=[N+]=[N-]. The summed E-state index contributed by atoms with van der Waals surface area (Å²) in [6.07, 6.45) is 2.82. The van der Waals surface area contributed by atoms with Crippen LogP contribution in [-0.4, -0.2) is 84.3 Å². The zero-order valence-corrected chi connectivity index (χ0v) is 22.2. The van der Waals surface area contributed by atoms with Crippen molar-refractivity contribution in [2.24, 2.45) is 15.3 Å². The van der Waals surface area contributed by atoms with Crippen molar-refractivity contribution in [3.05, 3.63) is 31.3 Å². The third-order valence-electron chi connectivity index (χ3n) is 9.20. The fraction of sp³-hybridized carbons (Fsp3) is 1.00. The zero-order chi connectivity index (χ0) is 27.7. The number of hydrogen-bond donors (Lipinski definition) is 1. The second-order valence-corrected chi connectivity index (χ2v) is 11.6. The minimum Gasteiger partial charge on any atom is -0.390 e. The molecule has 0 amide bonds. The summed E-state index contributed by atoms with van der Waals surface area (Å²) >= 11 is 0. The summed E-state index contributed by atoms with van der Waals surface area (Å²) in [6, 6.07) is -2.57. The molecule has 6 fully saturated rings. The second kappa shape index (κ2) is 11.5. The van der Waals surface area contributed by atoms with E-state index in [4.69, 9.17) is 28.4 Å². The van der Waals surface area contributed by atoms with Crippen LogP contribution in [0.2, 0.25) is 0 Å². The fourth-order valence-corrected chi connectivity index (χ4v) is 7.30. The lowest BCUT2D eigenvalue weighted by molar-refractivity contribution is -0.387. The van der Waals surface area contributed by atoms with Gasteiger partial charge in [-0.25, -0.2) is 0 Å². The molecule has 16 nitrogen and oxygen atoms in total. The molecule has 0 bridgehead atoms. The molecule has 2 spiro atoms. The molecule has 218 valence electrons. The minimum atomic E-state index is -1.22. The largest absolute Gasteiger partial charge is 0.390 e. The van der Waals surface area contributed by atoms with E-state index >= 15 is 0 Å². The number of aliphatic hydroxyl groups is 1. The first-order valence-corrected chi connectivity index (χ1v) is 14.3. The van der Waals surface area contributed by atoms with Crippen molar-refractivity contribution >= 4 is 0 Å². The first-order chi connectivity index (χ1) is 19.5. The smallest absolute Gasteiger partial charge is 0.169 e. The highest BCUT2D eigenvalue weighted by atomic mass is 16.8. The lowest BCUT2D eigenvalue weighted by Crippen LogP contribution is -2.66. The topological polar surface area (TPSA) is 222 Å². The van der Waals surface area contributed by atoms with Gasteiger partial charge in [0.15, 0.2) is 17.9 Å². The van der Waals surface area contributed by atoms with Crippen LogP contribution in [0.15, 0.2) is 15.3 Å². The van der Waals surface area contributed by atoms with Crippen molar-refractivity contribution in [1.82, 2.24) is 0 Å². The van der Waals surface area contributed by atoms with Gasteiger partial charge in [0.2, 0.25) is 0 Å². The Morgan fingerprint density at radius 1 is 0.725 bits per heavy atom. The molecule has 0 aromatic carbocycles. The van der Waals surface area contributed by atoms with Gasteiger partial charge in [-0.15, -0.1) is 0 Å². The molecule has 0 aromatic rings. The van der Waals surface area contributed by atoms with E-state index in [1.165, 1.54) is 0 Å². The van der Waals surface area contributed by atoms with Gasteiger partial charge in [0.1, 0.15) is 24.4 Å². The van der Waals surface area contributed by atoms with Gasteiger partial charge in [-0.05, 0) is 48.7 Å². The third-order valence-corrected chi connectivity index (χ3v) is 9.20. The van der Waals surface area contributed by atoms with Gasteiger partial charge >= 0.3 is 0 Å². The monoisotopic (exact) mass is 561 g/mol. The maximum absolute atomic E-state index is 11.4. The molecule has 3 aliphatic heterocycles. The van der Waals surface area contributed by atoms with Gasteiger partial charge in [-0.3, -0.25) is 0 Å². The number of azide groups is 3. The van der Waals surface area contributed by atoms with Crippen LogP contribution < -0.4 is 0 Å². The second-order valence-electron chi connectivity index (χ2n) is 11.6. The van der Waals surface area contributed by atoms with Gasteiger partial charge < -0.3 is 33.5 Å². The van der Waals surface area contributed by atoms with Crippen LogP contribution in [0.25, 0.3) is 31.3 Å².